The quantitative estimate of drug-likeness (QED) is 0.666. The molecule has 2 aromatic carbocycles. The summed E-state index contributed by atoms with van der Waals surface area (Å²) < 4.78 is 33.1. The van der Waals surface area contributed by atoms with Gasteiger partial charge in [-0.05, 0) is 29.7 Å². The number of ether oxygens (including phenoxy) is 1. The lowest BCUT2D eigenvalue weighted by Crippen LogP contribution is -2.34. The number of rotatable bonds is 7. The Morgan fingerprint density at radius 1 is 1.14 bits per heavy atom. The van der Waals surface area contributed by atoms with Crippen LogP contribution in [0.1, 0.15) is 35.8 Å². The maximum Gasteiger partial charge on any atom is 0.337 e. The molecule has 0 spiro atoms. The van der Waals surface area contributed by atoms with E-state index >= 15 is 0 Å². The van der Waals surface area contributed by atoms with Crippen molar-refractivity contribution < 1.29 is 23.1 Å². The molecule has 0 aliphatic rings. The molecule has 28 heavy (non-hydrogen) atoms. The number of hydrogen-bond acceptors (Lipinski definition) is 4. The molecule has 1 atom stereocenters. The van der Waals surface area contributed by atoms with Crippen molar-refractivity contribution in [2.45, 2.75) is 24.8 Å². The van der Waals surface area contributed by atoms with E-state index in [1.54, 1.807) is 24.3 Å². The van der Waals surface area contributed by atoms with Gasteiger partial charge in [0, 0.05) is 18.1 Å². The molecule has 0 saturated carbocycles. The summed E-state index contributed by atoms with van der Waals surface area (Å²) in [6, 6.07) is 8.63. The number of nitrogens with zero attached hydrogens (tertiary/aromatic N) is 1. The normalized spacial score (nSPS) is 13.0. The Kier molecular flexibility index (Phi) is 6.98. The molecule has 0 aromatic heterocycles. The summed E-state index contributed by atoms with van der Waals surface area (Å²) in [6.07, 6.45) is 0. The van der Waals surface area contributed by atoms with Crippen LogP contribution in [-0.4, -0.2) is 38.0 Å². The molecule has 0 aliphatic heterocycles. The Hall–Kier alpha value is -1.80. The molecule has 0 aliphatic carbocycles. The summed E-state index contributed by atoms with van der Waals surface area (Å²) in [5, 5.41) is 9.75. The van der Waals surface area contributed by atoms with Crippen LogP contribution >= 0.6 is 23.2 Å². The van der Waals surface area contributed by atoms with Gasteiger partial charge >= 0.3 is 5.97 Å². The van der Waals surface area contributed by atoms with Crippen molar-refractivity contribution in [3.8, 4) is 5.75 Å². The average molecular weight is 446 g/mol. The molecule has 9 heteroatoms. The lowest BCUT2D eigenvalue weighted by molar-refractivity contribution is 0.0696. The van der Waals surface area contributed by atoms with Gasteiger partial charge in [-0.2, -0.15) is 4.31 Å². The Morgan fingerprint density at radius 3 is 2.18 bits per heavy atom. The fourth-order valence-corrected chi connectivity index (χ4v) is 5.04. The van der Waals surface area contributed by atoms with Crippen LogP contribution in [0.5, 0.6) is 5.75 Å². The number of sulfonamides is 1. The number of methoxy groups -OCH3 is 1. The van der Waals surface area contributed by atoms with Gasteiger partial charge in [0.05, 0.1) is 23.7 Å². The zero-order chi connectivity index (χ0) is 21.2. The second kappa shape index (κ2) is 8.69. The largest absolute Gasteiger partial charge is 0.495 e. The number of hydrogen-bond donors (Lipinski definition) is 1. The third-order valence-electron chi connectivity index (χ3n) is 4.38. The van der Waals surface area contributed by atoms with Crippen LogP contribution in [0.2, 0.25) is 10.0 Å². The van der Waals surface area contributed by atoms with Gasteiger partial charge in [0.15, 0.2) is 0 Å². The first-order valence-corrected chi connectivity index (χ1v) is 10.5. The van der Waals surface area contributed by atoms with Crippen LogP contribution < -0.4 is 4.74 Å². The highest BCUT2D eigenvalue weighted by atomic mass is 35.5. The first-order valence-electron chi connectivity index (χ1n) is 8.35. The fraction of sp³-hybridized carbons (Fsp3) is 0.316. The predicted octanol–water partition coefficient (Wildman–Crippen LogP) is 4.72. The molecule has 0 radical (unpaired) electrons. The fourth-order valence-electron chi connectivity index (χ4n) is 3.04. The van der Waals surface area contributed by atoms with Crippen LogP contribution in [0.4, 0.5) is 0 Å². The summed E-state index contributed by atoms with van der Waals surface area (Å²) >= 11 is 11.9. The van der Waals surface area contributed by atoms with Crippen molar-refractivity contribution in [2.24, 2.45) is 5.92 Å². The van der Waals surface area contributed by atoms with Crippen LogP contribution in [0.25, 0.3) is 0 Å². The minimum Gasteiger partial charge on any atom is -0.495 e. The lowest BCUT2D eigenvalue weighted by Gasteiger charge is -2.31. The standard InChI is InChI=1S/C19H21Cl2NO5S/c1-11(2)18(12-5-7-13(20)8-6-12)22(3)28(25,26)17-9-14(19(23)24)15(21)10-16(17)27-4/h5-11,18H,1-4H3,(H,23,24). The predicted molar refractivity (Wildman–Crippen MR) is 109 cm³/mol. The van der Waals surface area contributed by atoms with Crippen LogP contribution in [0.15, 0.2) is 41.3 Å². The molecule has 2 rings (SSSR count). The lowest BCUT2D eigenvalue weighted by atomic mass is 9.96. The molecule has 0 fully saturated rings. The molecular formula is C19H21Cl2NO5S. The van der Waals surface area contributed by atoms with E-state index in [9.17, 15) is 18.3 Å². The van der Waals surface area contributed by atoms with Crippen LogP contribution in [0, 0.1) is 5.92 Å². The van der Waals surface area contributed by atoms with Gasteiger partial charge in [-0.3, -0.25) is 0 Å². The summed E-state index contributed by atoms with van der Waals surface area (Å²) in [4.78, 5) is 11.2. The molecule has 0 saturated heterocycles. The third kappa shape index (κ3) is 4.43. The number of carboxylic acid groups (broad SMARTS) is 1. The van der Waals surface area contributed by atoms with Crippen molar-refractivity contribution in [1.29, 1.82) is 0 Å². The second-order valence-electron chi connectivity index (χ2n) is 6.55. The first-order chi connectivity index (χ1) is 13.0. The molecule has 152 valence electrons. The Morgan fingerprint density at radius 2 is 1.71 bits per heavy atom. The number of carbonyl (C=O) groups is 1. The van der Waals surface area contributed by atoms with Crippen molar-refractivity contribution in [1.82, 2.24) is 4.31 Å². The van der Waals surface area contributed by atoms with Gasteiger partial charge in [0.2, 0.25) is 10.0 Å². The highest BCUT2D eigenvalue weighted by Crippen LogP contribution is 2.37. The Labute approximate surface area is 174 Å². The third-order valence-corrected chi connectivity index (χ3v) is 6.80. The van der Waals surface area contributed by atoms with Crippen molar-refractivity contribution in [3.63, 3.8) is 0 Å². The van der Waals surface area contributed by atoms with E-state index in [2.05, 4.69) is 0 Å². The molecule has 2 aromatic rings. The average Bonchev–Trinajstić information content (AvgIpc) is 2.62. The van der Waals surface area contributed by atoms with Gasteiger partial charge in [-0.1, -0.05) is 49.2 Å². The topological polar surface area (TPSA) is 83.9 Å². The number of aromatic carboxylic acids is 1. The number of benzene rings is 2. The maximum atomic E-state index is 13.4. The van der Waals surface area contributed by atoms with E-state index < -0.39 is 22.0 Å². The van der Waals surface area contributed by atoms with Gasteiger partial charge in [0.25, 0.3) is 0 Å². The Bertz CT molecular complexity index is 975. The van der Waals surface area contributed by atoms with E-state index in [1.165, 1.54) is 24.5 Å². The summed E-state index contributed by atoms with van der Waals surface area (Å²) in [5.74, 6) is -1.43. The SMILES string of the molecule is COc1cc(Cl)c(C(=O)O)cc1S(=O)(=O)N(C)C(c1ccc(Cl)cc1)C(C)C. The Balaban J connectivity index is 2.62. The number of halogens is 2. The maximum absolute atomic E-state index is 13.4. The van der Waals surface area contributed by atoms with Gasteiger partial charge in [-0.15, -0.1) is 0 Å². The zero-order valence-electron chi connectivity index (χ0n) is 15.8. The van der Waals surface area contributed by atoms with Crippen LogP contribution in [0.3, 0.4) is 0 Å². The minimum absolute atomic E-state index is 0.0273. The van der Waals surface area contributed by atoms with E-state index in [0.29, 0.717) is 5.02 Å². The van der Waals surface area contributed by atoms with E-state index in [1.807, 2.05) is 13.8 Å². The minimum atomic E-state index is -4.10. The van der Waals surface area contributed by atoms with Crippen molar-refractivity contribution in [3.05, 3.63) is 57.6 Å². The zero-order valence-corrected chi connectivity index (χ0v) is 18.1. The van der Waals surface area contributed by atoms with E-state index in [-0.39, 0.29) is 27.1 Å². The molecule has 0 bridgehead atoms. The highest BCUT2D eigenvalue weighted by molar-refractivity contribution is 7.89. The molecular weight excluding hydrogens is 425 g/mol. The van der Waals surface area contributed by atoms with Crippen molar-refractivity contribution in [2.75, 3.05) is 14.2 Å². The molecule has 1 N–H and O–H groups in total. The van der Waals surface area contributed by atoms with E-state index in [4.69, 9.17) is 27.9 Å². The van der Waals surface area contributed by atoms with Gasteiger partial charge in [0.1, 0.15) is 10.6 Å². The van der Waals surface area contributed by atoms with E-state index in [0.717, 1.165) is 11.6 Å². The first kappa shape index (κ1) is 22.5. The van der Waals surface area contributed by atoms with Crippen molar-refractivity contribution >= 4 is 39.2 Å². The monoisotopic (exact) mass is 445 g/mol. The number of carboxylic acids is 1. The van der Waals surface area contributed by atoms with Crippen LogP contribution in [-0.2, 0) is 10.0 Å². The summed E-state index contributed by atoms with van der Waals surface area (Å²) in [6.45, 7) is 3.79. The molecule has 0 amide bonds. The second-order valence-corrected chi connectivity index (χ2v) is 9.36. The molecule has 6 nitrogen and oxygen atoms in total. The van der Waals surface area contributed by atoms with Gasteiger partial charge < -0.3 is 9.84 Å². The molecule has 0 heterocycles. The highest BCUT2D eigenvalue weighted by Gasteiger charge is 2.34. The smallest absolute Gasteiger partial charge is 0.337 e. The molecule has 1 unspecified atom stereocenters. The summed E-state index contributed by atoms with van der Waals surface area (Å²) in [5.41, 5.74) is 0.443. The van der Waals surface area contributed by atoms with Gasteiger partial charge in [-0.25, -0.2) is 13.2 Å². The summed E-state index contributed by atoms with van der Waals surface area (Å²) in [7, 11) is -1.36.